The number of benzene rings is 2. The number of hydrogen-bond donors (Lipinski definition) is 4. The van der Waals surface area contributed by atoms with E-state index in [4.69, 9.17) is 0 Å². The lowest BCUT2D eigenvalue weighted by Crippen LogP contribution is -2.08. The molecular weight excluding hydrogens is 380 g/mol. The van der Waals surface area contributed by atoms with Crippen molar-refractivity contribution in [3.63, 3.8) is 0 Å². The summed E-state index contributed by atoms with van der Waals surface area (Å²) in [5, 5.41) is 31.8. The fraction of sp³-hybridized carbons (Fsp3) is 0. The fourth-order valence-corrected chi connectivity index (χ4v) is 2.62. The van der Waals surface area contributed by atoms with Gasteiger partial charge in [0.05, 0.1) is 22.5 Å². The molecular formula is C18H12N6O5. The third-order valence-corrected chi connectivity index (χ3v) is 3.94. The van der Waals surface area contributed by atoms with Gasteiger partial charge in [0, 0.05) is 0 Å². The van der Waals surface area contributed by atoms with E-state index in [0.29, 0.717) is 0 Å². The zero-order valence-electron chi connectivity index (χ0n) is 14.5. The van der Waals surface area contributed by atoms with Gasteiger partial charge < -0.3 is 20.8 Å². The van der Waals surface area contributed by atoms with Crippen molar-refractivity contribution in [3.8, 4) is 0 Å². The lowest BCUT2D eigenvalue weighted by Gasteiger charge is -2.14. The van der Waals surface area contributed by atoms with E-state index in [1.54, 1.807) is 36.4 Å². The minimum atomic E-state index is -1.13. The van der Waals surface area contributed by atoms with Crippen molar-refractivity contribution < 1.29 is 24.4 Å². The number of hydrogen-bond acceptors (Lipinski definition) is 9. The van der Waals surface area contributed by atoms with E-state index in [2.05, 4.69) is 35.5 Å². The van der Waals surface area contributed by atoms with Gasteiger partial charge in [0.15, 0.2) is 11.6 Å². The maximum Gasteiger partial charge on any atom is 0.337 e. The van der Waals surface area contributed by atoms with Crippen molar-refractivity contribution in [2.45, 2.75) is 0 Å². The summed E-state index contributed by atoms with van der Waals surface area (Å²) >= 11 is 0. The van der Waals surface area contributed by atoms with Gasteiger partial charge in [-0.25, -0.2) is 24.2 Å². The number of para-hydroxylation sites is 2. The van der Waals surface area contributed by atoms with E-state index in [1.165, 1.54) is 12.1 Å². The smallest absolute Gasteiger partial charge is 0.337 e. The summed E-state index contributed by atoms with van der Waals surface area (Å²) in [6.07, 6.45) is 0. The number of rotatable bonds is 6. The van der Waals surface area contributed by atoms with Crippen LogP contribution >= 0.6 is 0 Å². The van der Waals surface area contributed by atoms with Gasteiger partial charge in [0.2, 0.25) is 11.3 Å². The first-order valence-electron chi connectivity index (χ1n) is 8.22. The van der Waals surface area contributed by atoms with Gasteiger partial charge in [0.1, 0.15) is 0 Å². The molecule has 144 valence electrons. The molecule has 2 aromatic carbocycles. The summed E-state index contributed by atoms with van der Waals surface area (Å²) in [5.41, 5.74) is 0.753. The fourth-order valence-electron chi connectivity index (χ4n) is 2.62. The molecule has 29 heavy (non-hydrogen) atoms. The lowest BCUT2D eigenvalue weighted by molar-refractivity contribution is 0.0687. The third-order valence-electron chi connectivity index (χ3n) is 3.94. The Kier molecular flexibility index (Phi) is 4.45. The maximum absolute atomic E-state index is 11.5. The van der Waals surface area contributed by atoms with Gasteiger partial charge in [-0.15, -0.1) is 0 Å². The Morgan fingerprint density at radius 3 is 1.55 bits per heavy atom. The summed E-state index contributed by atoms with van der Waals surface area (Å²) in [4.78, 5) is 31.5. The lowest BCUT2D eigenvalue weighted by atomic mass is 10.1. The molecule has 0 saturated carbocycles. The molecule has 2 heterocycles. The van der Waals surface area contributed by atoms with Crippen LogP contribution in [0.1, 0.15) is 20.7 Å². The topological polar surface area (TPSA) is 163 Å². The SMILES string of the molecule is O=C(O)c1ccccc1Nc1nc2nonc2nc1Nc1ccccc1C(=O)O. The van der Waals surface area contributed by atoms with E-state index in [1.807, 2.05) is 0 Å². The van der Waals surface area contributed by atoms with Crippen molar-refractivity contribution in [2.75, 3.05) is 10.6 Å². The van der Waals surface area contributed by atoms with E-state index in [-0.39, 0.29) is 45.4 Å². The van der Waals surface area contributed by atoms with Gasteiger partial charge in [-0.1, -0.05) is 24.3 Å². The molecule has 11 nitrogen and oxygen atoms in total. The molecule has 11 heteroatoms. The number of carbonyl (C=O) groups is 2. The standard InChI is InChI=1S/C18H12N6O5/c25-17(26)9-5-1-3-7-11(9)19-13-14(22-16-15(21-13)23-29-24-16)20-12-8-4-2-6-10(12)18(27)28/h1-8H,(H,25,26)(H,27,28)(H,19,21,23)(H,20,22,24). The van der Waals surface area contributed by atoms with Crippen LogP contribution < -0.4 is 10.6 Å². The molecule has 0 unspecified atom stereocenters. The Balaban J connectivity index is 1.81. The Bertz CT molecular complexity index is 1140. The van der Waals surface area contributed by atoms with E-state index in [9.17, 15) is 19.8 Å². The van der Waals surface area contributed by atoms with Crippen molar-refractivity contribution >= 4 is 46.2 Å². The monoisotopic (exact) mass is 392 g/mol. The molecule has 0 aliphatic rings. The van der Waals surface area contributed by atoms with Crippen LogP contribution in [0.25, 0.3) is 11.3 Å². The van der Waals surface area contributed by atoms with Crippen LogP contribution in [0.5, 0.6) is 0 Å². The van der Waals surface area contributed by atoms with E-state index in [0.717, 1.165) is 0 Å². The average molecular weight is 392 g/mol. The molecule has 0 spiro atoms. The van der Waals surface area contributed by atoms with Gasteiger partial charge in [0.25, 0.3) is 0 Å². The second-order valence-corrected chi connectivity index (χ2v) is 5.78. The highest BCUT2D eigenvalue weighted by Crippen LogP contribution is 2.29. The summed E-state index contributed by atoms with van der Waals surface area (Å²) < 4.78 is 4.63. The number of carboxylic acids is 2. The molecule has 2 aromatic heterocycles. The molecule has 0 bridgehead atoms. The zero-order chi connectivity index (χ0) is 20.4. The predicted octanol–water partition coefficient (Wildman–Crippen LogP) is 2.90. The van der Waals surface area contributed by atoms with Gasteiger partial charge >= 0.3 is 11.9 Å². The van der Waals surface area contributed by atoms with Gasteiger partial charge in [-0.2, -0.15) is 0 Å². The van der Waals surface area contributed by atoms with Crippen LogP contribution in [-0.4, -0.2) is 42.4 Å². The average Bonchev–Trinajstić information content (AvgIpc) is 3.16. The molecule has 0 saturated heterocycles. The predicted molar refractivity (Wildman–Crippen MR) is 101 cm³/mol. The quantitative estimate of drug-likeness (QED) is 0.381. The Morgan fingerprint density at radius 2 is 1.14 bits per heavy atom. The van der Waals surface area contributed by atoms with Crippen LogP contribution in [0.2, 0.25) is 0 Å². The number of nitrogens with zero attached hydrogens (tertiary/aromatic N) is 4. The molecule has 4 aromatic rings. The molecule has 4 N–H and O–H groups in total. The second-order valence-electron chi connectivity index (χ2n) is 5.78. The van der Waals surface area contributed by atoms with Crippen LogP contribution in [0.4, 0.5) is 23.0 Å². The number of aromatic nitrogens is 4. The minimum absolute atomic E-state index is 0.0181. The second kappa shape index (κ2) is 7.23. The highest BCUT2D eigenvalue weighted by molar-refractivity contribution is 5.97. The van der Waals surface area contributed by atoms with Crippen molar-refractivity contribution in [1.82, 2.24) is 20.3 Å². The van der Waals surface area contributed by atoms with Crippen LogP contribution in [-0.2, 0) is 0 Å². The molecule has 0 atom stereocenters. The molecule has 0 aliphatic carbocycles. The van der Waals surface area contributed by atoms with Crippen molar-refractivity contribution in [1.29, 1.82) is 0 Å². The third kappa shape index (κ3) is 3.51. The maximum atomic E-state index is 11.5. The minimum Gasteiger partial charge on any atom is -0.478 e. The first kappa shape index (κ1) is 17.9. The summed E-state index contributed by atoms with van der Waals surface area (Å²) in [6, 6.07) is 12.5. The largest absolute Gasteiger partial charge is 0.478 e. The first-order valence-corrected chi connectivity index (χ1v) is 8.22. The Labute approximate surface area is 162 Å². The number of aromatic carboxylic acids is 2. The Hall–Kier alpha value is -4.54. The highest BCUT2D eigenvalue weighted by atomic mass is 16.6. The van der Waals surface area contributed by atoms with E-state index >= 15 is 0 Å². The number of anilines is 4. The highest BCUT2D eigenvalue weighted by Gasteiger charge is 2.18. The van der Waals surface area contributed by atoms with Crippen molar-refractivity contribution in [3.05, 3.63) is 59.7 Å². The number of fused-ring (bicyclic) bond motifs is 1. The molecule has 0 fully saturated rings. The summed E-state index contributed by atoms with van der Waals surface area (Å²) in [5.74, 6) is -2.03. The molecule has 0 amide bonds. The number of carboxylic acid groups (broad SMARTS) is 2. The zero-order valence-corrected chi connectivity index (χ0v) is 14.5. The molecule has 0 radical (unpaired) electrons. The summed E-state index contributed by atoms with van der Waals surface area (Å²) in [6.45, 7) is 0. The number of nitrogens with one attached hydrogen (secondary N) is 2. The molecule has 4 rings (SSSR count). The van der Waals surface area contributed by atoms with Crippen molar-refractivity contribution in [2.24, 2.45) is 0 Å². The normalized spacial score (nSPS) is 10.6. The first-order chi connectivity index (χ1) is 14.0. The van der Waals surface area contributed by atoms with E-state index < -0.39 is 11.9 Å². The van der Waals surface area contributed by atoms with Gasteiger partial charge in [-0.3, -0.25) is 0 Å². The molecule has 0 aliphatic heterocycles. The Morgan fingerprint density at radius 1 is 0.724 bits per heavy atom. The van der Waals surface area contributed by atoms with Gasteiger partial charge in [-0.05, 0) is 34.6 Å². The van der Waals surface area contributed by atoms with Crippen LogP contribution in [0.3, 0.4) is 0 Å². The summed E-state index contributed by atoms with van der Waals surface area (Å²) in [7, 11) is 0. The van der Waals surface area contributed by atoms with Crippen LogP contribution in [0.15, 0.2) is 53.2 Å². The van der Waals surface area contributed by atoms with Crippen LogP contribution in [0, 0.1) is 0 Å².